The molecule has 28 heavy (non-hydrogen) atoms. The number of aromatic amines is 1. The number of carbonyl (C=O) groups is 1. The van der Waals surface area contributed by atoms with Gasteiger partial charge in [-0.3, -0.25) is 0 Å². The van der Waals surface area contributed by atoms with E-state index < -0.39 is 6.16 Å². The maximum absolute atomic E-state index is 10.8. The minimum Gasteiger partial charge on any atom is -0.449 e. The number of benzene rings is 2. The maximum Gasteiger partial charge on any atom is 0.511 e. The van der Waals surface area contributed by atoms with Gasteiger partial charge in [0, 0.05) is 29.7 Å². The summed E-state index contributed by atoms with van der Waals surface area (Å²) in [6.07, 6.45) is 7.17. The number of aryl methyl sites for hydroxylation is 1. The van der Waals surface area contributed by atoms with E-state index in [1.54, 1.807) is 12.1 Å². The smallest absolute Gasteiger partial charge is 0.449 e. The first-order chi connectivity index (χ1) is 13.7. The minimum atomic E-state index is -1.29. The van der Waals surface area contributed by atoms with E-state index in [2.05, 4.69) is 46.7 Å². The number of hydrogen-bond donors (Lipinski definition) is 3. The Morgan fingerprint density at radius 1 is 1.18 bits per heavy atom. The van der Waals surface area contributed by atoms with Crippen LogP contribution in [-0.2, 0) is 6.42 Å². The lowest BCUT2D eigenvalue weighted by atomic mass is 9.92. The Morgan fingerprint density at radius 2 is 2.04 bits per heavy atom. The Kier molecular flexibility index (Phi) is 5.44. The minimum absolute atomic E-state index is 0.354. The topological polar surface area (TPSA) is 74.3 Å². The van der Waals surface area contributed by atoms with Crippen LogP contribution < -0.4 is 10.1 Å². The molecule has 0 fully saturated rings. The molecule has 1 aromatic heterocycles. The summed E-state index contributed by atoms with van der Waals surface area (Å²) in [7, 11) is 0. The van der Waals surface area contributed by atoms with Crippen LogP contribution in [-0.4, -0.2) is 28.8 Å². The summed E-state index contributed by atoms with van der Waals surface area (Å²) < 4.78 is 4.79. The van der Waals surface area contributed by atoms with Crippen LogP contribution in [0.25, 0.3) is 16.5 Å². The zero-order valence-corrected chi connectivity index (χ0v) is 15.7. The van der Waals surface area contributed by atoms with Crippen LogP contribution >= 0.6 is 0 Å². The summed E-state index contributed by atoms with van der Waals surface area (Å²) in [5.41, 5.74) is 4.93. The number of carboxylic acid groups (broad SMARTS) is 1. The summed E-state index contributed by atoms with van der Waals surface area (Å²) in [5, 5.41) is 13.4. The number of fused-ring (bicyclic) bond motifs is 1. The highest BCUT2D eigenvalue weighted by molar-refractivity contribution is 5.85. The van der Waals surface area contributed by atoms with Crippen LogP contribution in [0, 0.1) is 0 Å². The van der Waals surface area contributed by atoms with E-state index in [0.29, 0.717) is 11.8 Å². The second-order valence-electron chi connectivity index (χ2n) is 7.19. The predicted octanol–water partition coefficient (Wildman–Crippen LogP) is 4.99. The van der Waals surface area contributed by atoms with E-state index in [9.17, 15) is 4.79 Å². The standard InChI is InChI=1S/C23H24N2O3/c26-23(27)28-20-9-10-22-21(14-20)18(15-25-22)7-4-8-19-13-17(11-12-24-19)16-5-2-1-3-6-16/h1-3,5-6,9-11,14-15,19,24-25H,4,7-8,12-13H2,(H,26,27). The van der Waals surface area contributed by atoms with Gasteiger partial charge in [0.2, 0.25) is 0 Å². The van der Waals surface area contributed by atoms with Crippen LogP contribution in [0.3, 0.4) is 0 Å². The number of H-pyrrole nitrogens is 1. The number of nitrogens with one attached hydrogen (secondary N) is 2. The molecule has 1 aliphatic rings. The summed E-state index contributed by atoms with van der Waals surface area (Å²) in [5.74, 6) is 0.354. The molecule has 0 aliphatic carbocycles. The van der Waals surface area contributed by atoms with Gasteiger partial charge < -0.3 is 20.1 Å². The molecule has 0 spiro atoms. The number of hydrogen-bond acceptors (Lipinski definition) is 3. The van der Waals surface area contributed by atoms with Crippen molar-refractivity contribution in [2.45, 2.75) is 31.7 Å². The van der Waals surface area contributed by atoms with E-state index in [0.717, 1.165) is 43.1 Å². The van der Waals surface area contributed by atoms with Crippen LogP contribution in [0.1, 0.15) is 30.4 Å². The number of ether oxygens (including phenoxy) is 1. The Balaban J connectivity index is 1.36. The van der Waals surface area contributed by atoms with E-state index in [1.165, 1.54) is 16.7 Å². The van der Waals surface area contributed by atoms with Crippen molar-refractivity contribution in [3.05, 3.63) is 71.9 Å². The molecule has 0 saturated heterocycles. The molecule has 5 heteroatoms. The molecule has 4 rings (SSSR count). The molecule has 1 unspecified atom stereocenters. The molecular weight excluding hydrogens is 352 g/mol. The normalized spacial score (nSPS) is 16.7. The van der Waals surface area contributed by atoms with E-state index in [-0.39, 0.29) is 0 Å². The van der Waals surface area contributed by atoms with Gasteiger partial charge in [0.1, 0.15) is 5.75 Å². The van der Waals surface area contributed by atoms with Crippen molar-refractivity contribution in [1.82, 2.24) is 10.3 Å². The van der Waals surface area contributed by atoms with Crippen LogP contribution in [0.15, 0.2) is 60.8 Å². The largest absolute Gasteiger partial charge is 0.511 e. The van der Waals surface area contributed by atoms with Gasteiger partial charge in [-0.25, -0.2) is 4.79 Å². The predicted molar refractivity (Wildman–Crippen MR) is 111 cm³/mol. The number of aromatic nitrogens is 1. The zero-order chi connectivity index (χ0) is 19.3. The third kappa shape index (κ3) is 4.26. The van der Waals surface area contributed by atoms with Gasteiger partial charge in [-0.05, 0) is 60.6 Å². The zero-order valence-electron chi connectivity index (χ0n) is 15.7. The SMILES string of the molecule is O=C(O)Oc1ccc2[nH]cc(CCCC3CC(c4ccccc4)=CCN3)c2c1. The molecule has 2 aromatic carbocycles. The summed E-state index contributed by atoms with van der Waals surface area (Å²) >= 11 is 0. The third-order valence-corrected chi connectivity index (χ3v) is 5.31. The van der Waals surface area contributed by atoms with Crippen molar-refractivity contribution in [2.75, 3.05) is 6.54 Å². The van der Waals surface area contributed by atoms with Crippen LogP contribution in [0.5, 0.6) is 5.75 Å². The van der Waals surface area contributed by atoms with Gasteiger partial charge in [0.15, 0.2) is 0 Å². The van der Waals surface area contributed by atoms with Gasteiger partial charge >= 0.3 is 6.16 Å². The average Bonchev–Trinajstić information content (AvgIpc) is 3.11. The van der Waals surface area contributed by atoms with Gasteiger partial charge in [0.05, 0.1) is 0 Å². The van der Waals surface area contributed by atoms with Crippen molar-refractivity contribution in [2.24, 2.45) is 0 Å². The molecule has 0 bridgehead atoms. The molecular formula is C23H24N2O3. The Labute approximate surface area is 164 Å². The van der Waals surface area contributed by atoms with E-state index in [4.69, 9.17) is 9.84 Å². The number of rotatable bonds is 6. The highest BCUT2D eigenvalue weighted by Crippen LogP contribution is 2.27. The van der Waals surface area contributed by atoms with Crippen LogP contribution in [0.4, 0.5) is 4.79 Å². The molecule has 3 N–H and O–H groups in total. The highest BCUT2D eigenvalue weighted by atomic mass is 16.7. The summed E-state index contributed by atoms with van der Waals surface area (Å²) in [6, 6.07) is 16.4. The summed E-state index contributed by atoms with van der Waals surface area (Å²) in [4.78, 5) is 14.0. The molecule has 2 heterocycles. The van der Waals surface area contributed by atoms with Gasteiger partial charge in [-0.15, -0.1) is 0 Å². The first-order valence-corrected chi connectivity index (χ1v) is 9.67. The summed E-state index contributed by atoms with van der Waals surface area (Å²) in [6.45, 7) is 0.915. The first kappa shape index (κ1) is 18.3. The van der Waals surface area contributed by atoms with Crippen molar-refractivity contribution >= 4 is 22.6 Å². The van der Waals surface area contributed by atoms with E-state index in [1.807, 2.05) is 12.3 Å². The molecule has 1 aliphatic heterocycles. The second-order valence-corrected chi connectivity index (χ2v) is 7.19. The lowest BCUT2D eigenvalue weighted by Gasteiger charge is -2.24. The Morgan fingerprint density at radius 3 is 2.86 bits per heavy atom. The molecule has 0 amide bonds. The quantitative estimate of drug-likeness (QED) is 0.418. The maximum atomic E-state index is 10.8. The van der Waals surface area contributed by atoms with Gasteiger partial charge in [-0.1, -0.05) is 36.4 Å². The van der Waals surface area contributed by atoms with Crippen molar-refractivity contribution in [3.63, 3.8) is 0 Å². The van der Waals surface area contributed by atoms with Crippen molar-refractivity contribution in [1.29, 1.82) is 0 Å². The Hall–Kier alpha value is -3.05. The van der Waals surface area contributed by atoms with Crippen molar-refractivity contribution in [3.8, 4) is 5.75 Å². The lowest BCUT2D eigenvalue weighted by molar-refractivity contribution is 0.144. The third-order valence-electron chi connectivity index (χ3n) is 5.31. The van der Waals surface area contributed by atoms with Crippen LogP contribution in [0.2, 0.25) is 0 Å². The molecule has 0 saturated carbocycles. The first-order valence-electron chi connectivity index (χ1n) is 9.67. The fourth-order valence-electron chi connectivity index (χ4n) is 3.93. The molecule has 144 valence electrons. The molecule has 5 nitrogen and oxygen atoms in total. The van der Waals surface area contributed by atoms with E-state index >= 15 is 0 Å². The fraction of sp³-hybridized carbons (Fsp3) is 0.261. The Bertz CT molecular complexity index is 992. The monoisotopic (exact) mass is 376 g/mol. The lowest BCUT2D eigenvalue weighted by Crippen LogP contribution is -2.32. The average molecular weight is 376 g/mol. The van der Waals surface area contributed by atoms with Gasteiger partial charge in [-0.2, -0.15) is 0 Å². The fourth-order valence-corrected chi connectivity index (χ4v) is 3.93. The van der Waals surface area contributed by atoms with Gasteiger partial charge in [0.25, 0.3) is 0 Å². The van der Waals surface area contributed by atoms with Crippen molar-refractivity contribution < 1.29 is 14.6 Å². The molecule has 1 atom stereocenters. The molecule has 3 aromatic rings. The molecule has 0 radical (unpaired) electrons. The highest BCUT2D eigenvalue weighted by Gasteiger charge is 2.16. The second kappa shape index (κ2) is 8.31.